The lowest BCUT2D eigenvalue weighted by atomic mass is 9.86. The molecule has 0 radical (unpaired) electrons. The Hall–Kier alpha value is -4.72. The van der Waals surface area contributed by atoms with Crippen molar-refractivity contribution in [1.29, 1.82) is 0 Å². The van der Waals surface area contributed by atoms with Gasteiger partial charge in [0.05, 0.1) is 26.4 Å². The molecule has 4 aliphatic rings. The Morgan fingerprint density at radius 3 is 1.43 bits per heavy atom. The van der Waals surface area contributed by atoms with Gasteiger partial charge in [-0.05, 0) is 114 Å². The molecule has 0 bridgehead atoms. The van der Waals surface area contributed by atoms with Crippen molar-refractivity contribution >= 4 is 0 Å². The number of aromatic hydroxyl groups is 2. The number of hydrogen-bond acceptors (Lipinski definition) is 8. The summed E-state index contributed by atoms with van der Waals surface area (Å²) in [6, 6.07) is 19.7. The van der Waals surface area contributed by atoms with Crippen LogP contribution in [0.15, 0.2) is 60.7 Å². The van der Waals surface area contributed by atoms with E-state index < -0.39 is 0 Å². The van der Waals surface area contributed by atoms with Gasteiger partial charge in [0.15, 0.2) is 0 Å². The second kappa shape index (κ2) is 16.8. The van der Waals surface area contributed by atoms with Gasteiger partial charge in [-0.15, -0.1) is 0 Å². The average Bonchev–Trinajstić information content (AvgIpc) is 3.17. The lowest BCUT2D eigenvalue weighted by Gasteiger charge is -2.35. The molecule has 8 heteroatoms. The average molecular weight is 765 g/mol. The Labute approximate surface area is 333 Å². The third-order valence-corrected chi connectivity index (χ3v) is 11.5. The molecular weight excluding hydrogens is 705 g/mol. The van der Waals surface area contributed by atoms with E-state index >= 15 is 0 Å². The van der Waals surface area contributed by atoms with E-state index in [2.05, 4.69) is 65.8 Å². The topological polar surface area (TPSA) is 95.8 Å². The summed E-state index contributed by atoms with van der Waals surface area (Å²) in [5.41, 5.74) is 6.38. The van der Waals surface area contributed by atoms with Crippen LogP contribution in [0.4, 0.5) is 0 Å². The highest BCUT2D eigenvalue weighted by atomic mass is 16.5. The fourth-order valence-corrected chi connectivity index (χ4v) is 8.21. The zero-order chi connectivity index (χ0) is 39.5. The molecule has 56 heavy (non-hydrogen) atoms. The van der Waals surface area contributed by atoms with Gasteiger partial charge >= 0.3 is 0 Å². The van der Waals surface area contributed by atoms with E-state index in [-0.39, 0.29) is 34.5 Å². The quantitative estimate of drug-likeness (QED) is 0.154. The standard InChI is InChI=1S/2C24H30O4/c2*1-4-5-12-26-18-7-8-19(21(25)14-18)17-13-16-6-9-22-20(23(16)27-15-17)10-11-24(2,3)28-22/h2*6-9,14,17,25H,4-5,10-13,15H2,1-3H3/t2*17-/m00/s1. The second-order valence-electron chi connectivity index (χ2n) is 17.1. The van der Waals surface area contributed by atoms with Gasteiger partial charge in [0.25, 0.3) is 0 Å². The number of phenolic OH excluding ortho intramolecular Hbond substituents is 2. The third-order valence-electron chi connectivity index (χ3n) is 11.5. The summed E-state index contributed by atoms with van der Waals surface area (Å²) in [5.74, 6) is 6.16. The van der Waals surface area contributed by atoms with Crippen LogP contribution in [0.1, 0.15) is 125 Å². The highest BCUT2D eigenvalue weighted by Gasteiger charge is 2.34. The van der Waals surface area contributed by atoms with Gasteiger partial charge in [0, 0.05) is 46.2 Å². The van der Waals surface area contributed by atoms with Crippen molar-refractivity contribution < 1.29 is 38.6 Å². The van der Waals surface area contributed by atoms with Crippen LogP contribution in [0.5, 0.6) is 46.0 Å². The van der Waals surface area contributed by atoms with Gasteiger partial charge in [-0.25, -0.2) is 0 Å². The SMILES string of the molecule is CCCCOc1ccc([C@@H]2COc3c(ccc4c3CCC(C)(C)O4)C2)c(O)c1.CCCCOc1ccc([C@@H]2COc3c(ccc4c3CCC(C)(C)O4)C2)c(O)c1. The van der Waals surface area contributed by atoms with E-state index in [4.69, 9.17) is 28.4 Å². The first kappa shape index (κ1) is 39.5. The van der Waals surface area contributed by atoms with Crippen molar-refractivity contribution in [2.75, 3.05) is 26.4 Å². The van der Waals surface area contributed by atoms with Crippen LogP contribution < -0.4 is 28.4 Å². The molecule has 0 unspecified atom stereocenters. The minimum Gasteiger partial charge on any atom is -0.508 e. The molecule has 4 aliphatic heterocycles. The Bertz CT molecular complexity index is 1850. The molecule has 300 valence electrons. The van der Waals surface area contributed by atoms with E-state index in [0.29, 0.717) is 26.4 Å². The number of benzene rings is 4. The number of ether oxygens (including phenoxy) is 6. The van der Waals surface area contributed by atoms with Crippen molar-refractivity contribution in [3.8, 4) is 46.0 Å². The minimum atomic E-state index is -0.120. The summed E-state index contributed by atoms with van der Waals surface area (Å²) in [4.78, 5) is 0. The van der Waals surface area contributed by atoms with Crippen LogP contribution in [0.3, 0.4) is 0 Å². The Morgan fingerprint density at radius 1 is 0.607 bits per heavy atom. The minimum absolute atomic E-state index is 0.120. The van der Waals surface area contributed by atoms with Gasteiger partial charge in [0.1, 0.15) is 57.2 Å². The number of unbranched alkanes of at least 4 members (excludes halogenated alkanes) is 2. The summed E-state index contributed by atoms with van der Waals surface area (Å²) < 4.78 is 36.1. The molecular formula is C48H60O8. The molecule has 0 saturated heterocycles. The van der Waals surface area contributed by atoms with Crippen molar-refractivity contribution in [2.24, 2.45) is 0 Å². The zero-order valence-corrected chi connectivity index (χ0v) is 34.2. The molecule has 0 amide bonds. The van der Waals surface area contributed by atoms with Gasteiger partial charge in [-0.1, -0.05) is 51.0 Å². The molecule has 2 N–H and O–H groups in total. The van der Waals surface area contributed by atoms with Gasteiger partial charge in [0.2, 0.25) is 0 Å². The van der Waals surface area contributed by atoms with E-state index in [1.54, 1.807) is 12.1 Å². The van der Waals surface area contributed by atoms with Crippen LogP contribution in [-0.4, -0.2) is 47.8 Å². The molecule has 4 aromatic carbocycles. The predicted octanol–water partition coefficient (Wildman–Crippen LogP) is 10.8. The first-order valence-corrected chi connectivity index (χ1v) is 20.8. The second-order valence-corrected chi connectivity index (χ2v) is 17.1. The van der Waals surface area contributed by atoms with Crippen LogP contribution in [0.25, 0.3) is 0 Å². The van der Waals surface area contributed by atoms with Crippen molar-refractivity contribution in [2.45, 2.75) is 129 Å². The summed E-state index contributed by atoms with van der Waals surface area (Å²) >= 11 is 0. The number of rotatable bonds is 10. The molecule has 8 nitrogen and oxygen atoms in total. The summed E-state index contributed by atoms with van der Waals surface area (Å²) in [5, 5.41) is 21.1. The summed E-state index contributed by atoms with van der Waals surface area (Å²) in [6.07, 6.45) is 9.86. The van der Waals surface area contributed by atoms with Crippen LogP contribution >= 0.6 is 0 Å². The van der Waals surface area contributed by atoms with Gasteiger partial charge in [-0.2, -0.15) is 0 Å². The van der Waals surface area contributed by atoms with Crippen LogP contribution in [0.2, 0.25) is 0 Å². The van der Waals surface area contributed by atoms with Crippen molar-refractivity contribution in [3.63, 3.8) is 0 Å². The first-order valence-electron chi connectivity index (χ1n) is 20.8. The highest BCUT2D eigenvalue weighted by Crippen LogP contribution is 2.47. The highest BCUT2D eigenvalue weighted by molar-refractivity contribution is 5.55. The molecule has 0 aliphatic carbocycles. The molecule has 2 atom stereocenters. The Kier molecular flexibility index (Phi) is 11.8. The normalized spacial score (nSPS) is 19.8. The molecule has 4 aromatic rings. The number of hydrogen-bond donors (Lipinski definition) is 2. The van der Waals surface area contributed by atoms with Gasteiger partial charge < -0.3 is 38.6 Å². The summed E-state index contributed by atoms with van der Waals surface area (Å²) in [6.45, 7) is 15.3. The molecule has 0 fully saturated rings. The molecule has 8 rings (SSSR count). The van der Waals surface area contributed by atoms with Gasteiger partial charge in [-0.3, -0.25) is 0 Å². The van der Waals surface area contributed by atoms with Crippen LogP contribution in [-0.2, 0) is 25.7 Å². The Morgan fingerprint density at radius 2 is 1.04 bits per heavy atom. The third kappa shape index (κ3) is 8.95. The lowest BCUT2D eigenvalue weighted by Crippen LogP contribution is -2.33. The first-order chi connectivity index (χ1) is 26.9. The van der Waals surface area contributed by atoms with E-state index in [1.807, 2.05) is 24.3 Å². The summed E-state index contributed by atoms with van der Waals surface area (Å²) in [7, 11) is 0. The largest absolute Gasteiger partial charge is 0.508 e. The molecule has 4 heterocycles. The van der Waals surface area contributed by atoms with E-state index in [1.165, 1.54) is 22.3 Å². The Balaban J connectivity index is 0.000000172. The van der Waals surface area contributed by atoms with Crippen molar-refractivity contribution in [3.05, 3.63) is 94.0 Å². The van der Waals surface area contributed by atoms with E-state index in [9.17, 15) is 10.2 Å². The van der Waals surface area contributed by atoms with Crippen molar-refractivity contribution in [1.82, 2.24) is 0 Å². The van der Waals surface area contributed by atoms with Crippen LogP contribution in [0, 0.1) is 0 Å². The monoisotopic (exact) mass is 764 g/mol. The fourth-order valence-electron chi connectivity index (χ4n) is 8.21. The zero-order valence-electron chi connectivity index (χ0n) is 34.2. The predicted molar refractivity (Wildman–Crippen MR) is 220 cm³/mol. The smallest absolute Gasteiger partial charge is 0.129 e. The molecule has 0 saturated carbocycles. The fraction of sp³-hybridized carbons (Fsp3) is 0.500. The number of phenols is 2. The maximum atomic E-state index is 10.5. The lowest BCUT2D eigenvalue weighted by molar-refractivity contribution is 0.0822. The van der Waals surface area contributed by atoms with E-state index in [0.717, 1.165) is 110 Å². The molecule has 0 spiro atoms. The maximum absolute atomic E-state index is 10.5. The maximum Gasteiger partial charge on any atom is 0.129 e. The molecule has 0 aromatic heterocycles. The number of fused-ring (bicyclic) bond motifs is 6.